The molecule has 8 heteroatoms. The number of hydrogen-bond donors (Lipinski definition) is 1. The monoisotopic (exact) mass is 415 g/mol. The molecule has 3 heterocycles. The first-order valence-corrected chi connectivity index (χ1v) is 10.4. The van der Waals surface area contributed by atoms with Gasteiger partial charge in [-0.15, -0.1) is 11.3 Å². The Kier molecular flexibility index (Phi) is 5.73. The number of rotatable bonds is 6. The average Bonchev–Trinajstić information content (AvgIpc) is 3.34. The Morgan fingerprint density at radius 1 is 1.28 bits per heavy atom. The number of Topliss-reactive ketones (excluding diaryl/α,β-unsaturated/α-hetero) is 1. The van der Waals surface area contributed by atoms with Gasteiger partial charge in [0.05, 0.1) is 23.7 Å². The van der Waals surface area contributed by atoms with Gasteiger partial charge >= 0.3 is 0 Å². The van der Waals surface area contributed by atoms with Crippen LogP contribution in [-0.4, -0.2) is 41.4 Å². The van der Waals surface area contributed by atoms with Crippen molar-refractivity contribution in [3.8, 4) is 0 Å². The highest BCUT2D eigenvalue weighted by atomic mass is 32.1. The number of fused-ring (bicyclic) bond motifs is 1. The van der Waals surface area contributed by atoms with Crippen LogP contribution in [0.3, 0.4) is 0 Å². The third-order valence-corrected chi connectivity index (χ3v) is 6.38. The van der Waals surface area contributed by atoms with Crippen LogP contribution in [0.4, 0.5) is 4.39 Å². The average molecular weight is 415 g/mol. The fourth-order valence-corrected chi connectivity index (χ4v) is 4.58. The topological polar surface area (TPSA) is 75.4 Å². The van der Waals surface area contributed by atoms with Crippen LogP contribution >= 0.6 is 11.3 Å². The summed E-state index contributed by atoms with van der Waals surface area (Å²) in [6, 6.07) is 8.23. The Morgan fingerprint density at radius 2 is 2.07 bits per heavy atom. The molecule has 152 valence electrons. The summed E-state index contributed by atoms with van der Waals surface area (Å²) in [5, 5.41) is 7.78. The summed E-state index contributed by atoms with van der Waals surface area (Å²) in [4.78, 5) is 27.5. The van der Waals surface area contributed by atoms with Gasteiger partial charge in [0, 0.05) is 29.2 Å². The zero-order valence-electron chi connectivity index (χ0n) is 16.1. The molecule has 1 aromatic carbocycles. The Bertz CT molecular complexity index is 1040. The molecule has 0 saturated carbocycles. The maximum atomic E-state index is 13.3. The quantitative estimate of drug-likeness (QED) is 0.621. The molecule has 4 rings (SSSR count). The summed E-state index contributed by atoms with van der Waals surface area (Å²) in [5.41, 5.74) is 1.36. The molecule has 1 N–H and O–H groups in total. The summed E-state index contributed by atoms with van der Waals surface area (Å²) < 4.78 is 18.6. The number of benzene rings is 1. The van der Waals surface area contributed by atoms with E-state index in [-0.39, 0.29) is 23.4 Å². The first kappa shape index (κ1) is 19.7. The largest absolute Gasteiger partial charge is 0.356 e. The zero-order chi connectivity index (χ0) is 20.4. The van der Waals surface area contributed by atoms with Gasteiger partial charge < -0.3 is 9.84 Å². The molecule has 0 aliphatic carbocycles. The molecular weight excluding hydrogens is 393 g/mol. The van der Waals surface area contributed by atoms with Crippen molar-refractivity contribution < 1.29 is 18.5 Å². The van der Waals surface area contributed by atoms with Crippen molar-refractivity contribution in [2.75, 3.05) is 19.6 Å². The molecule has 0 radical (unpaired) electrons. The molecule has 1 aliphatic heterocycles. The third kappa shape index (κ3) is 4.54. The van der Waals surface area contributed by atoms with Crippen LogP contribution in [0.5, 0.6) is 0 Å². The number of carbonyl (C=O) groups is 2. The second-order valence-corrected chi connectivity index (χ2v) is 8.53. The molecular formula is C21H22FN3O3S. The van der Waals surface area contributed by atoms with Gasteiger partial charge in [-0.25, -0.2) is 4.39 Å². The Labute approximate surface area is 171 Å². The minimum absolute atomic E-state index is 0.0841. The molecule has 1 fully saturated rings. The molecule has 3 aromatic rings. The van der Waals surface area contributed by atoms with E-state index in [0.717, 1.165) is 46.8 Å². The lowest BCUT2D eigenvalue weighted by atomic mass is 9.91. The van der Waals surface area contributed by atoms with Crippen molar-refractivity contribution in [3.63, 3.8) is 0 Å². The van der Waals surface area contributed by atoms with Crippen LogP contribution in [-0.2, 0) is 11.3 Å². The molecule has 1 saturated heterocycles. The summed E-state index contributed by atoms with van der Waals surface area (Å²) in [5.74, 6) is -0.0644. The summed E-state index contributed by atoms with van der Waals surface area (Å²) >= 11 is 1.43. The number of hydrogen-bond acceptors (Lipinski definition) is 6. The molecule has 0 unspecified atom stereocenters. The molecule has 6 nitrogen and oxygen atoms in total. The highest BCUT2D eigenvalue weighted by molar-refractivity contribution is 7.14. The van der Waals surface area contributed by atoms with Gasteiger partial charge in [-0.05, 0) is 50.2 Å². The highest BCUT2D eigenvalue weighted by Crippen LogP contribution is 2.32. The number of amides is 1. The first-order valence-electron chi connectivity index (χ1n) is 9.63. The lowest BCUT2D eigenvalue weighted by Gasteiger charge is -2.30. The number of piperidine rings is 1. The Balaban J connectivity index is 1.32. The standard InChI is InChI=1S/C21H22FN3O3S/c1-13(26)23-11-16-3-5-20(29-16)18(27)12-25-8-6-14(7-9-25)21-17-4-2-15(22)10-19(17)28-24-21/h2-5,10,14H,6-9,11-12H2,1H3,(H,23,26). The van der Waals surface area contributed by atoms with Crippen LogP contribution < -0.4 is 5.32 Å². The number of ketones is 1. The van der Waals surface area contributed by atoms with E-state index in [0.29, 0.717) is 18.7 Å². The van der Waals surface area contributed by atoms with Crippen LogP contribution in [0.25, 0.3) is 11.0 Å². The number of halogens is 1. The predicted octanol–water partition coefficient (Wildman–Crippen LogP) is 3.73. The van der Waals surface area contributed by atoms with Crippen LogP contribution in [0.1, 0.15) is 45.9 Å². The predicted molar refractivity (Wildman–Crippen MR) is 109 cm³/mol. The number of carbonyl (C=O) groups excluding carboxylic acids is 2. The molecule has 0 spiro atoms. The first-order chi connectivity index (χ1) is 14.0. The van der Waals surface area contributed by atoms with Crippen molar-refractivity contribution in [2.24, 2.45) is 0 Å². The Hall–Kier alpha value is -2.58. The normalized spacial score (nSPS) is 15.7. The van der Waals surface area contributed by atoms with Gasteiger partial charge in [0.2, 0.25) is 5.91 Å². The summed E-state index contributed by atoms with van der Waals surface area (Å²) in [6.07, 6.45) is 1.76. The van der Waals surface area contributed by atoms with Gasteiger partial charge in [0.25, 0.3) is 0 Å². The van der Waals surface area contributed by atoms with Crippen LogP contribution in [0.15, 0.2) is 34.9 Å². The van der Waals surface area contributed by atoms with Gasteiger partial charge in [-0.1, -0.05) is 5.16 Å². The number of nitrogens with zero attached hydrogens (tertiary/aromatic N) is 2. The van der Waals surface area contributed by atoms with E-state index >= 15 is 0 Å². The third-order valence-electron chi connectivity index (χ3n) is 5.25. The van der Waals surface area contributed by atoms with E-state index in [1.807, 2.05) is 12.1 Å². The minimum atomic E-state index is -0.331. The van der Waals surface area contributed by atoms with Gasteiger partial charge in [-0.2, -0.15) is 0 Å². The smallest absolute Gasteiger partial charge is 0.217 e. The van der Waals surface area contributed by atoms with Crippen molar-refractivity contribution in [2.45, 2.75) is 32.2 Å². The fourth-order valence-electron chi connectivity index (χ4n) is 3.71. The number of nitrogens with one attached hydrogen (secondary N) is 1. The van der Waals surface area contributed by atoms with Gasteiger partial charge in [0.1, 0.15) is 5.82 Å². The van der Waals surface area contributed by atoms with E-state index in [9.17, 15) is 14.0 Å². The maximum absolute atomic E-state index is 13.3. The zero-order valence-corrected chi connectivity index (χ0v) is 16.9. The number of thiophene rings is 1. The minimum Gasteiger partial charge on any atom is -0.356 e. The molecule has 2 aromatic heterocycles. The van der Waals surface area contributed by atoms with Crippen molar-refractivity contribution in [1.82, 2.24) is 15.4 Å². The second kappa shape index (κ2) is 8.42. The molecule has 0 bridgehead atoms. The van der Waals surface area contributed by atoms with Crippen LogP contribution in [0, 0.1) is 5.82 Å². The molecule has 0 atom stereocenters. The van der Waals surface area contributed by atoms with Crippen molar-refractivity contribution in [1.29, 1.82) is 0 Å². The summed E-state index contributed by atoms with van der Waals surface area (Å²) in [7, 11) is 0. The van der Waals surface area contributed by atoms with E-state index < -0.39 is 0 Å². The molecule has 1 aliphatic rings. The maximum Gasteiger partial charge on any atom is 0.217 e. The van der Waals surface area contributed by atoms with Gasteiger partial charge in [0.15, 0.2) is 11.4 Å². The second-order valence-electron chi connectivity index (χ2n) is 7.36. The SMILES string of the molecule is CC(=O)NCc1ccc(C(=O)CN2CCC(c3noc4cc(F)ccc34)CC2)s1. The van der Waals surface area contributed by atoms with E-state index in [4.69, 9.17) is 4.52 Å². The lowest BCUT2D eigenvalue weighted by molar-refractivity contribution is -0.119. The molecule has 29 heavy (non-hydrogen) atoms. The van der Waals surface area contributed by atoms with Crippen molar-refractivity contribution in [3.05, 3.63) is 51.6 Å². The summed E-state index contributed by atoms with van der Waals surface area (Å²) in [6.45, 7) is 3.92. The van der Waals surface area contributed by atoms with E-state index in [1.54, 1.807) is 6.07 Å². The molecule has 1 amide bonds. The lowest BCUT2D eigenvalue weighted by Crippen LogP contribution is -2.36. The highest BCUT2D eigenvalue weighted by Gasteiger charge is 2.26. The Morgan fingerprint density at radius 3 is 2.83 bits per heavy atom. The fraction of sp³-hybridized carbons (Fsp3) is 0.381. The van der Waals surface area contributed by atoms with Gasteiger partial charge in [-0.3, -0.25) is 14.5 Å². The van der Waals surface area contributed by atoms with E-state index in [2.05, 4.69) is 15.4 Å². The van der Waals surface area contributed by atoms with E-state index in [1.165, 1.54) is 30.4 Å². The number of aromatic nitrogens is 1. The number of likely N-dealkylation sites (tertiary alicyclic amines) is 1. The van der Waals surface area contributed by atoms with Crippen molar-refractivity contribution >= 4 is 34.0 Å². The van der Waals surface area contributed by atoms with Crippen LogP contribution in [0.2, 0.25) is 0 Å².